The van der Waals surface area contributed by atoms with Gasteiger partial charge in [0.1, 0.15) is 11.5 Å². The van der Waals surface area contributed by atoms with Crippen molar-refractivity contribution in [1.29, 1.82) is 0 Å². The van der Waals surface area contributed by atoms with Crippen molar-refractivity contribution in [1.82, 2.24) is 19.7 Å². The lowest BCUT2D eigenvalue weighted by molar-refractivity contribution is 0.772. The van der Waals surface area contributed by atoms with Crippen molar-refractivity contribution in [3.8, 4) is 16.9 Å². The summed E-state index contributed by atoms with van der Waals surface area (Å²) in [6.07, 6.45) is 5.25. The van der Waals surface area contributed by atoms with Gasteiger partial charge in [0, 0.05) is 17.3 Å². The van der Waals surface area contributed by atoms with E-state index in [0.717, 1.165) is 22.5 Å². The lowest BCUT2D eigenvalue weighted by Gasteiger charge is -2.12. The van der Waals surface area contributed by atoms with E-state index >= 15 is 0 Å². The van der Waals surface area contributed by atoms with E-state index in [0.29, 0.717) is 5.15 Å². The molecule has 0 aliphatic rings. The molecule has 0 atom stereocenters. The number of benzene rings is 1. The predicted octanol–water partition coefficient (Wildman–Crippen LogP) is 4.11. The SMILES string of the molecule is CC(C)c1c(Cl)ncnc1-n1cc(-c2ccccc2)cn1. The van der Waals surface area contributed by atoms with E-state index in [1.807, 2.05) is 30.6 Å². The molecule has 106 valence electrons. The molecule has 0 fully saturated rings. The number of hydrogen-bond donors (Lipinski definition) is 0. The second kappa shape index (κ2) is 5.66. The summed E-state index contributed by atoms with van der Waals surface area (Å²) >= 11 is 6.21. The Bertz CT molecular complexity index is 750. The average Bonchev–Trinajstić information content (AvgIpc) is 2.97. The number of aromatic nitrogens is 4. The van der Waals surface area contributed by atoms with Crippen LogP contribution in [0.1, 0.15) is 25.3 Å². The Labute approximate surface area is 128 Å². The molecule has 0 amide bonds. The molecule has 0 aliphatic carbocycles. The van der Waals surface area contributed by atoms with Gasteiger partial charge in [0.2, 0.25) is 0 Å². The summed E-state index contributed by atoms with van der Waals surface area (Å²) in [5.74, 6) is 0.949. The van der Waals surface area contributed by atoms with Crippen LogP contribution in [0.25, 0.3) is 16.9 Å². The Balaban J connectivity index is 2.07. The highest BCUT2D eigenvalue weighted by Crippen LogP contribution is 2.28. The van der Waals surface area contributed by atoms with Crippen LogP contribution in [0.3, 0.4) is 0 Å². The van der Waals surface area contributed by atoms with E-state index in [9.17, 15) is 0 Å². The van der Waals surface area contributed by atoms with Crippen LogP contribution in [0.2, 0.25) is 5.15 Å². The lowest BCUT2D eigenvalue weighted by Crippen LogP contribution is -2.06. The summed E-state index contributed by atoms with van der Waals surface area (Å²) < 4.78 is 1.76. The Morgan fingerprint density at radius 1 is 1.05 bits per heavy atom. The van der Waals surface area contributed by atoms with Gasteiger partial charge in [0.05, 0.1) is 6.20 Å². The fraction of sp³-hybridized carbons (Fsp3) is 0.188. The van der Waals surface area contributed by atoms with Gasteiger partial charge in [-0.05, 0) is 11.5 Å². The highest BCUT2D eigenvalue weighted by atomic mass is 35.5. The smallest absolute Gasteiger partial charge is 0.161 e. The molecule has 0 aliphatic heterocycles. The molecule has 0 radical (unpaired) electrons. The van der Waals surface area contributed by atoms with E-state index in [-0.39, 0.29) is 5.92 Å². The highest BCUT2D eigenvalue weighted by molar-refractivity contribution is 6.30. The van der Waals surface area contributed by atoms with Crippen molar-refractivity contribution in [2.24, 2.45) is 0 Å². The van der Waals surface area contributed by atoms with Gasteiger partial charge in [0.25, 0.3) is 0 Å². The molecule has 4 nitrogen and oxygen atoms in total. The molecule has 1 aromatic carbocycles. The summed E-state index contributed by atoms with van der Waals surface area (Å²) in [4.78, 5) is 8.41. The lowest BCUT2D eigenvalue weighted by atomic mass is 10.1. The summed E-state index contributed by atoms with van der Waals surface area (Å²) in [6.45, 7) is 4.13. The zero-order valence-electron chi connectivity index (χ0n) is 11.9. The highest BCUT2D eigenvalue weighted by Gasteiger charge is 2.16. The molecule has 0 unspecified atom stereocenters. The van der Waals surface area contributed by atoms with Crippen molar-refractivity contribution >= 4 is 11.6 Å². The first kappa shape index (κ1) is 13.8. The quantitative estimate of drug-likeness (QED) is 0.684. The third kappa shape index (κ3) is 2.67. The standard InChI is InChI=1S/C16H15ClN4/c1-11(2)14-15(17)18-10-19-16(14)21-9-13(8-20-21)12-6-4-3-5-7-12/h3-11H,1-2H3. The van der Waals surface area contributed by atoms with Crippen molar-refractivity contribution in [3.63, 3.8) is 0 Å². The fourth-order valence-electron chi connectivity index (χ4n) is 2.26. The molecule has 0 saturated heterocycles. The first-order chi connectivity index (χ1) is 10.2. The van der Waals surface area contributed by atoms with Crippen LogP contribution in [0, 0.1) is 0 Å². The summed E-state index contributed by atoms with van der Waals surface area (Å²) in [5.41, 5.74) is 3.07. The second-order valence-corrected chi connectivity index (χ2v) is 5.45. The van der Waals surface area contributed by atoms with Gasteiger partial charge >= 0.3 is 0 Å². The predicted molar refractivity (Wildman–Crippen MR) is 83.7 cm³/mol. The monoisotopic (exact) mass is 298 g/mol. The molecular weight excluding hydrogens is 284 g/mol. The zero-order chi connectivity index (χ0) is 14.8. The van der Waals surface area contributed by atoms with Crippen LogP contribution in [0.5, 0.6) is 0 Å². The number of nitrogens with zero attached hydrogens (tertiary/aromatic N) is 4. The molecule has 3 aromatic rings. The first-order valence-corrected chi connectivity index (χ1v) is 7.15. The Hall–Kier alpha value is -2.20. The molecule has 0 saturated carbocycles. The van der Waals surface area contributed by atoms with Gasteiger partial charge < -0.3 is 0 Å². The topological polar surface area (TPSA) is 43.6 Å². The van der Waals surface area contributed by atoms with Gasteiger partial charge in [-0.2, -0.15) is 5.10 Å². The number of halogens is 1. The summed E-state index contributed by atoms with van der Waals surface area (Å²) in [6, 6.07) is 10.1. The number of hydrogen-bond acceptors (Lipinski definition) is 3. The van der Waals surface area contributed by atoms with Gasteiger partial charge in [-0.25, -0.2) is 14.6 Å². The molecule has 0 spiro atoms. The third-order valence-corrected chi connectivity index (χ3v) is 3.60. The minimum atomic E-state index is 0.220. The Morgan fingerprint density at radius 3 is 2.52 bits per heavy atom. The van der Waals surface area contributed by atoms with Crippen LogP contribution in [-0.2, 0) is 0 Å². The van der Waals surface area contributed by atoms with Gasteiger partial charge in [-0.15, -0.1) is 0 Å². The maximum atomic E-state index is 6.21. The van der Waals surface area contributed by atoms with Crippen LogP contribution < -0.4 is 0 Å². The van der Waals surface area contributed by atoms with Crippen molar-refractivity contribution in [2.75, 3.05) is 0 Å². The van der Waals surface area contributed by atoms with Gasteiger partial charge in [0.15, 0.2) is 5.82 Å². The Morgan fingerprint density at radius 2 is 1.81 bits per heavy atom. The summed E-state index contributed by atoms with van der Waals surface area (Å²) in [5, 5.41) is 4.89. The molecule has 5 heteroatoms. The van der Waals surface area contributed by atoms with E-state index < -0.39 is 0 Å². The van der Waals surface area contributed by atoms with Crippen LogP contribution >= 0.6 is 11.6 Å². The molecule has 2 aromatic heterocycles. The van der Waals surface area contributed by atoms with E-state index in [1.165, 1.54) is 6.33 Å². The molecule has 0 N–H and O–H groups in total. The number of rotatable bonds is 3. The zero-order valence-corrected chi connectivity index (χ0v) is 12.6. The average molecular weight is 299 g/mol. The largest absolute Gasteiger partial charge is 0.224 e. The molecular formula is C16H15ClN4. The van der Waals surface area contributed by atoms with Crippen LogP contribution in [-0.4, -0.2) is 19.7 Å². The molecule has 0 bridgehead atoms. The molecule has 2 heterocycles. The van der Waals surface area contributed by atoms with Crippen LogP contribution in [0.4, 0.5) is 0 Å². The minimum absolute atomic E-state index is 0.220. The maximum Gasteiger partial charge on any atom is 0.161 e. The fourth-order valence-corrected chi connectivity index (χ4v) is 2.61. The second-order valence-electron chi connectivity index (χ2n) is 5.10. The van der Waals surface area contributed by atoms with E-state index in [4.69, 9.17) is 11.6 Å². The van der Waals surface area contributed by atoms with Gasteiger partial charge in [-0.3, -0.25) is 0 Å². The van der Waals surface area contributed by atoms with E-state index in [2.05, 4.69) is 41.0 Å². The van der Waals surface area contributed by atoms with Crippen molar-refractivity contribution in [2.45, 2.75) is 19.8 Å². The Kier molecular flexibility index (Phi) is 3.71. The van der Waals surface area contributed by atoms with Crippen molar-refractivity contribution in [3.05, 3.63) is 59.8 Å². The first-order valence-electron chi connectivity index (χ1n) is 6.77. The van der Waals surface area contributed by atoms with E-state index in [1.54, 1.807) is 4.68 Å². The maximum absolute atomic E-state index is 6.21. The minimum Gasteiger partial charge on any atom is -0.224 e. The molecule has 21 heavy (non-hydrogen) atoms. The normalized spacial score (nSPS) is 11.0. The van der Waals surface area contributed by atoms with Crippen LogP contribution in [0.15, 0.2) is 49.1 Å². The van der Waals surface area contributed by atoms with Gasteiger partial charge in [-0.1, -0.05) is 55.8 Å². The molecule has 3 rings (SSSR count). The summed E-state index contributed by atoms with van der Waals surface area (Å²) in [7, 11) is 0. The third-order valence-electron chi connectivity index (χ3n) is 3.30. The van der Waals surface area contributed by atoms with Crippen molar-refractivity contribution < 1.29 is 0 Å².